The molecule has 0 amide bonds. The lowest BCUT2D eigenvalue weighted by atomic mass is 10.1. The van der Waals surface area contributed by atoms with Crippen LogP contribution in [0.1, 0.15) is 24.0 Å². The van der Waals surface area contributed by atoms with Gasteiger partial charge in [-0.1, -0.05) is 29.8 Å². The lowest BCUT2D eigenvalue weighted by Crippen LogP contribution is -2.06. The molecule has 0 atom stereocenters. The molecule has 1 heterocycles. The van der Waals surface area contributed by atoms with Gasteiger partial charge < -0.3 is 5.32 Å². The summed E-state index contributed by atoms with van der Waals surface area (Å²) in [5.74, 6) is 0.749. The molecule has 1 N–H and O–H groups in total. The quantitative estimate of drug-likeness (QED) is 0.892. The molecule has 0 spiro atoms. The predicted molar refractivity (Wildman–Crippen MR) is 73.6 cm³/mol. The number of hydrogen-bond donors (Lipinski definition) is 1. The molecule has 1 aromatic heterocycles. The van der Waals surface area contributed by atoms with Gasteiger partial charge in [0.1, 0.15) is 0 Å². The van der Waals surface area contributed by atoms with E-state index in [-0.39, 0.29) is 0 Å². The Morgan fingerprint density at radius 1 is 1.11 bits per heavy atom. The van der Waals surface area contributed by atoms with Gasteiger partial charge in [-0.15, -0.1) is 0 Å². The number of aromatic nitrogens is 2. The van der Waals surface area contributed by atoms with Crippen LogP contribution >= 0.6 is 0 Å². The zero-order valence-corrected chi connectivity index (χ0v) is 10.8. The summed E-state index contributed by atoms with van der Waals surface area (Å²) in [6.07, 6.45) is 4.36. The van der Waals surface area contributed by atoms with Crippen molar-refractivity contribution in [3.05, 3.63) is 41.6 Å². The molecule has 3 rings (SSSR count). The lowest BCUT2D eigenvalue weighted by Gasteiger charge is -2.08. The number of benzene rings is 1. The van der Waals surface area contributed by atoms with Crippen LogP contribution < -0.4 is 5.32 Å². The van der Waals surface area contributed by atoms with Crippen LogP contribution in [-0.2, 0) is 0 Å². The third-order valence-electron chi connectivity index (χ3n) is 3.21. The molecular weight excluding hydrogens is 222 g/mol. The van der Waals surface area contributed by atoms with E-state index >= 15 is 0 Å². The van der Waals surface area contributed by atoms with E-state index in [1.54, 1.807) is 0 Å². The maximum absolute atomic E-state index is 4.63. The second-order valence-corrected chi connectivity index (χ2v) is 5.01. The van der Waals surface area contributed by atoms with Crippen LogP contribution in [0.5, 0.6) is 0 Å². The van der Waals surface area contributed by atoms with Crippen LogP contribution in [0.25, 0.3) is 11.3 Å². The smallest absolute Gasteiger partial charge is 0.223 e. The molecule has 1 aliphatic carbocycles. The first kappa shape index (κ1) is 11.2. The number of nitrogens with zero attached hydrogens (tertiary/aromatic N) is 2. The summed E-state index contributed by atoms with van der Waals surface area (Å²) in [6.45, 7) is 4.15. The SMILES string of the molecule is Cc1ccc(-c2nc(NC3CC3)ncc2C)cc1. The first-order valence-corrected chi connectivity index (χ1v) is 6.39. The number of hydrogen-bond acceptors (Lipinski definition) is 3. The predicted octanol–water partition coefficient (Wildman–Crippen LogP) is 3.33. The minimum Gasteiger partial charge on any atom is -0.351 e. The zero-order valence-electron chi connectivity index (χ0n) is 10.8. The summed E-state index contributed by atoms with van der Waals surface area (Å²) in [4.78, 5) is 8.97. The van der Waals surface area contributed by atoms with Crippen molar-refractivity contribution in [3.63, 3.8) is 0 Å². The fourth-order valence-corrected chi connectivity index (χ4v) is 1.93. The second-order valence-electron chi connectivity index (χ2n) is 5.01. The molecule has 18 heavy (non-hydrogen) atoms. The number of anilines is 1. The third-order valence-corrected chi connectivity index (χ3v) is 3.21. The van der Waals surface area contributed by atoms with Gasteiger partial charge in [0.2, 0.25) is 5.95 Å². The zero-order chi connectivity index (χ0) is 12.5. The van der Waals surface area contributed by atoms with Gasteiger partial charge in [0.25, 0.3) is 0 Å². The Morgan fingerprint density at radius 3 is 2.50 bits per heavy atom. The minimum atomic E-state index is 0.582. The Hall–Kier alpha value is -1.90. The summed E-state index contributed by atoms with van der Waals surface area (Å²) in [5, 5.41) is 3.34. The fourth-order valence-electron chi connectivity index (χ4n) is 1.93. The number of rotatable bonds is 3. The molecule has 0 bridgehead atoms. The van der Waals surface area contributed by atoms with Crippen molar-refractivity contribution in [2.24, 2.45) is 0 Å². The van der Waals surface area contributed by atoms with Crippen LogP contribution in [0, 0.1) is 13.8 Å². The highest BCUT2D eigenvalue weighted by atomic mass is 15.1. The van der Waals surface area contributed by atoms with Crippen molar-refractivity contribution < 1.29 is 0 Å². The largest absolute Gasteiger partial charge is 0.351 e. The Morgan fingerprint density at radius 2 is 1.83 bits per heavy atom. The van der Waals surface area contributed by atoms with Gasteiger partial charge in [-0.25, -0.2) is 9.97 Å². The van der Waals surface area contributed by atoms with E-state index in [0.717, 1.165) is 22.8 Å². The van der Waals surface area contributed by atoms with E-state index in [2.05, 4.69) is 53.4 Å². The van der Waals surface area contributed by atoms with Gasteiger partial charge in [0.15, 0.2) is 0 Å². The van der Waals surface area contributed by atoms with E-state index < -0.39 is 0 Å². The number of nitrogens with one attached hydrogen (secondary N) is 1. The van der Waals surface area contributed by atoms with Gasteiger partial charge in [0.05, 0.1) is 5.69 Å². The fraction of sp³-hybridized carbons (Fsp3) is 0.333. The van der Waals surface area contributed by atoms with E-state index in [9.17, 15) is 0 Å². The summed E-state index contributed by atoms with van der Waals surface area (Å²) in [7, 11) is 0. The molecule has 1 fully saturated rings. The van der Waals surface area contributed by atoms with E-state index in [0.29, 0.717) is 6.04 Å². The normalized spacial score (nSPS) is 14.6. The molecule has 0 saturated heterocycles. The molecule has 1 aliphatic rings. The van der Waals surface area contributed by atoms with E-state index in [1.807, 2.05) is 6.20 Å². The van der Waals surface area contributed by atoms with Crippen LogP contribution in [0.15, 0.2) is 30.5 Å². The van der Waals surface area contributed by atoms with Gasteiger partial charge in [-0.3, -0.25) is 0 Å². The Labute approximate surface area is 107 Å². The summed E-state index contributed by atoms with van der Waals surface area (Å²) in [5.41, 5.74) is 4.55. The molecule has 2 aromatic rings. The maximum atomic E-state index is 4.63. The molecule has 92 valence electrons. The average molecular weight is 239 g/mol. The third kappa shape index (κ3) is 2.35. The number of aryl methyl sites for hydroxylation is 2. The minimum absolute atomic E-state index is 0.582. The van der Waals surface area contributed by atoms with E-state index in [1.165, 1.54) is 18.4 Å². The highest BCUT2D eigenvalue weighted by Gasteiger charge is 2.22. The highest BCUT2D eigenvalue weighted by molar-refractivity contribution is 5.64. The summed E-state index contributed by atoms with van der Waals surface area (Å²) < 4.78 is 0. The molecule has 3 heteroatoms. The Bertz CT molecular complexity index is 556. The van der Waals surface area contributed by atoms with Crippen molar-refractivity contribution in [2.45, 2.75) is 32.7 Å². The first-order valence-electron chi connectivity index (χ1n) is 6.39. The Balaban J connectivity index is 1.95. The van der Waals surface area contributed by atoms with Crippen LogP contribution in [-0.4, -0.2) is 16.0 Å². The van der Waals surface area contributed by atoms with Crippen molar-refractivity contribution >= 4 is 5.95 Å². The molecule has 3 nitrogen and oxygen atoms in total. The van der Waals surface area contributed by atoms with Crippen molar-refractivity contribution in [2.75, 3.05) is 5.32 Å². The lowest BCUT2D eigenvalue weighted by molar-refractivity contribution is 1.04. The van der Waals surface area contributed by atoms with Gasteiger partial charge in [-0.05, 0) is 32.3 Å². The van der Waals surface area contributed by atoms with Crippen molar-refractivity contribution in [3.8, 4) is 11.3 Å². The van der Waals surface area contributed by atoms with Crippen molar-refractivity contribution in [1.82, 2.24) is 9.97 Å². The van der Waals surface area contributed by atoms with E-state index in [4.69, 9.17) is 0 Å². The maximum Gasteiger partial charge on any atom is 0.223 e. The molecule has 0 radical (unpaired) electrons. The van der Waals surface area contributed by atoms with Gasteiger partial charge in [-0.2, -0.15) is 0 Å². The molecule has 0 aliphatic heterocycles. The monoisotopic (exact) mass is 239 g/mol. The van der Waals surface area contributed by atoms with Gasteiger partial charge in [0, 0.05) is 17.8 Å². The first-order chi connectivity index (χ1) is 8.72. The van der Waals surface area contributed by atoms with Crippen LogP contribution in [0.2, 0.25) is 0 Å². The second kappa shape index (κ2) is 4.41. The van der Waals surface area contributed by atoms with Crippen LogP contribution in [0.3, 0.4) is 0 Å². The van der Waals surface area contributed by atoms with Gasteiger partial charge >= 0.3 is 0 Å². The molecule has 1 aromatic carbocycles. The van der Waals surface area contributed by atoms with Crippen molar-refractivity contribution in [1.29, 1.82) is 0 Å². The summed E-state index contributed by atoms with van der Waals surface area (Å²) in [6, 6.07) is 9.05. The Kier molecular flexibility index (Phi) is 2.74. The summed E-state index contributed by atoms with van der Waals surface area (Å²) >= 11 is 0. The van der Waals surface area contributed by atoms with Crippen LogP contribution in [0.4, 0.5) is 5.95 Å². The average Bonchev–Trinajstić information content (AvgIpc) is 3.17. The topological polar surface area (TPSA) is 37.8 Å². The molecular formula is C15H17N3. The standard InChI is InChI=1S/C15H17N3/c1-10-3-5-12(6-4-10)14-11(2)9-16-15(18-14)17-13-7-8-13/h3-6,9,13H,7-8H2,1-2H3,(H,16,17,18). The highest BCUT2D eigenvalue weighted by Crippen LogP contribution is 2.26. The molecule has 1 saturated carbocycles. The molecule has 0 unspecified atom stereocenters.